The Bertz CT molecular complexity index is 608. The van der Waals surface area contributed by atoms with E-state index in [1.807, 2.05) is 13.2 Å². The highest BCUT2D eigenvalue weighted by molar-refractivity contribution is 5.95. The van der Waals surface area contributed by atoms with Crippen LogP contribution in [0.5, 0.6) is 0 Å². The predicted molar refractivity (Wildman–Crippen MR) is 80.9 cm³/mol. The largest absolute Gasteiger partial charge is 0.480 e. The highest BCUT2D eigenvalue weighted by Gasteiger charge is 2.46. The summed E-state index contributed by atoms with van der Waals surface area (Å²) in [6, 6.07) is -0.597. The zero-order valence-electron chi connectivity index (χ0n) is 12.7. The van der Waals surface area contributed by atoms with Gasteiger partial charge in [-0.1, -0.05) is 12.8 Å². The molecule has 0 aromatic carbocycles. The fraction of sp³-hybridized carbons (Fsp3) is 0.562. The molecule has 6 heteroatoms. The van der Waals surface area contributed by atoms with Crippen molar-refractivity contribution in [3.05, 3.63) is 24.0 Å². The number of likely N-dealkylation sites (tertiary alicyclic amines) is 1. The Morgan fingerprint density at radius 3 is 2.82 bits per heavy atom. The normalized spacial score (nSPS) is 28.0. The summed E-state index contributed by atoms with van der Waals surface area (Å²) >= 11 is 0. The molecule has 1 aromatic heterocycles. The number of carboxylic acid groups (broad SMARTS) is 1. The average Bonchev–Trinajstić information content (AvgIpc) is 3.08. The summed E-state index contributed by atoms with van der Waals surface area (Å²) in [5.41, 5.74) is 0.835. The summed E-state index contributed by atoms with van der Waals surface area (Å²) in [5.74, 6) is -0.756. The van der Waals surface area contributed by atoms with Crippen molar-refractivity contribution in [3.63, 3.8) is 0 Å². The molecule has 0 spiro atoms. The predicted octanol–water partition coefficient (Wildman–Crippen LogP) is 1.68. The third-order valence-corrected chi connectivity index (χ3v) is 4.77. The van der Waals surface area contributed by atoms with Crippen molar-refractivity contribution in [1.82, 2.24) is 14.7 Å². The van der Waals surface area contributed by atoms with Crippen LogP contribution in [0.4, 0.5) is 0 Å². The number of amides is 1. The number of hydrogen-bond acceptors (Lipinski definition) is 3. The Morgan fingerprint density at radius 1 is 1.36 bits per heavy atom. The van der Waals surface area contributed by atoms with Crippen LogP contribution >= 0.6 is 0 Å². The Balaban J connectivity index is 1.78. The van der Waals surface area contributed by atoms with Gasteiger partial charge < -0.3 is 10.0 Å². The van der Waals surface area contributed by atoms with Gasteiger partial charge in [0.1, 0.15) is 6.04 Å². The lowest BCUT2D eigenvalue weighted by molar-refractivity contribution is -0.147. The number of carbonyl (C=O) groups is 2. The van der Waals surface area contributed by atoms with Crippen LogP contribution in [-0.2, 0) is 16.6 Å². The van der Waals surface area contributed by atoms with Crippen molar-refractivity contribution in [2.45, 2.75) is 44.2 Å². The number of fused-ring (bicyclic) bond motifs is 1. The van der Waals surface area contributed by atoms with Crippen LogP contribution in [0.25, 0.3) is 6.08 Å². The Labute approximate surface area is 129 Å². The molecule has 118 valence electrons. The first-order valence-corrected chi connectivity index (χ1v) is 7.78. The summed E-state index contributed by atoms with van der Waals surface area (Å²) < 4.78 is 1.66. The van der Waals surface area contributed by atoms with Gasteiger partial charge in [0.05, 0.1) is 6.20 Å². The lowest BCUT2D eigenvalue weighted by Gasteiger charge is -2.32. The zero-order chi connectivity index (χ0) is 15.7. The van der Waals surface area contributed by atoms with E-state index in [0.717, 1.165) is 31.2 Å². The van der Waals surface area contributed by atoms with Crippen LogP contribution in [0.1, 0.15) is 37.7 Å². The summed E-state index contributed by atoms with van der Waals surface area (Å²) in [6.07, 6.45) is 11.4. The molecule has 0 bridgehead atoms. The van der Waals surface area contributed by atoms with Gasteiger partial charge in [-0.25, -0.2) is 4.79 Å². The molecule has 1 saturated heterocycles. The molecule has 2 fully saturated rings. The molecule has 3 atom stereocenters. The quantitative estimate of drug-likeness (QED) is 0.862. The van der Waals surface area contributed by atoms with Gasteiger partial charge in [-0.05, 0) is 31.3 Å². The number of carbonyl (C=O) groups excluding carboxylic acids is 1. The minimum atomic E-state index is -0.891. The highest BCUT2D eigenvalue weighted by atomic mass is 16.4. The molecule has 6 nitrogen and oxygen atoms in total. The van der Waals surface area contributed by atoms with Gasteiger partial charge in [-0.2, -0.15) is 5.10 Å². The Morgan fingerprint density at radius 2 is 2.14 bits per heavy atom. The van der Waals surface area contributed by atoms with Crippen LogP contribution in [0.2, 0.25) is 0 Å². The van der Waals surface area contributed by atoms with E-state index in [0.29, 0.717) is 12.3 Å². The molecule has 3 rings (SSSR count). The van der Waals surface area contributed by atoms with E-state index in [4.69, 9.17) is 0 Å². The molecular formula is C16H21N3O3. The van der Waals surface area contributed by atoms with Gasteiger partial charge in [-0.3, -0.25) is 9.48 Å². The fourth-order valence-corrected chi connectivity index (χ4v) is 3.78. The zero-order valence-corrected chi connectivity index (χ0v) is 12.7. The van der Waals surface area contributed by atoms with Crippen molar-refractivity contribution < 1.29 is 14.7 Å². The topological polar surface area (TPSA) is 75.4 Å². The lowest BCUT2D eigenvalue weighted by Crippen LogP contribution is -2.45. The summed E-state index contributed by atoms with van der Waals surface area (Å²) in [7, 11) is 1.81. The standard InChI is InChI=1S/C16H21N3O3/c1-18-10-11(9-17-18)6-7-15(20)19-13-5-3-2-4-12(13)8-14(19)16(21)22/h6-7,9-10,12-14H,2-5,8H2,1H3,(H,21,22). The smallest absolute Gasteiger partial charge is 0.326 e. The molecule has 22 heavy (non-hydrogen) atoms. The van der Waals surface area contributed by atoms with Gasteiger partial charge in [0.2, 0.25) is 5.91 Å². The van der Waals surface area contributed by atoms with E-state index in [1.54, 1.807) is 21.9 Å². The maximum Gasteiger partial charge on any atom is 0.326 e. The number of rotatable bonds is 3. The molecule has 1 aromatic rings. The van der Waals surface area contributed by atoms with Crippen molar-refractivity contribution in [1.29, 1.82) is 0 Å². The first-order chi connectivity index (χ1) is 10.6. The number of aryl methyl sites for hydroxylation is 1. The molecule has 0 radical (unpaired) electrons. The SMILES string of the molecule is Cn1cc(C=CC(=O)N2C(C(=O)O)CC3CCCCC32)cn1. The number of hydrogen-bond donors (Lipinski definition) is 1. The maximum atomic E-state index is 12.5. The summed E-state index contributed by atoms with van der Waals surface area (Å²) in [6.45, 7) is 0. The number of nitrogens with zero attached hydrogens (tertiary/aromatic N) is 3. The third-order valence-electron chi connectivity index (χ3n) is 4.77. The maximum absolute atomic E-state index is 12.5. The van der Waals surface area contributed by atoms with Gasteiger partial charge in [0.15, 0.2) is 0 Å². The second kappa shape index (κ2) is 5.94. The highest BCUT2D eigenvalue weighted by Crippen LogP contribution is 2.39. The second-order valence-electron chi connectivity index (χ2n) is 6.23. The van der Waals surface area contributed by atoms with Crippen LogP contribution in [0.15, 0.2) is 18.5 Å². The van der Waals surface area contributed by atoms with Gasteiger partial charge in [-0.15, -0.1) is 0 Å². The Hall–Kier alpha value is -2.11. The van der Waals surface area contributed by atoms with E-state index >= 15 is 0 Å². The third kappa shape index (κ3) is 2.77. The molecule has 1 saturated carbocycles. The second-order valence-corrected chi connectivity index (χ2v) is 6.23. The molecule has 3 unspecified atom stereocenters. The van der Waals surface area contributed by atoms with E-state index < -0.39 is 12.0 Å². The molecule has 2 aliphatic rings. The first kappa shape index (κ1) is 14.8. The van der Waals surface area contributed by atoms with Gasteiger partial charge in [0.25, 0.3) is 0 Å². The summed E-state index contributed by atoms with van der Waals surface area (Å²) in [4.78, 5) is 25.6. The van der Waals surface area contributed by atoms with Crippen molar-refractivity contribution in [2.75, 3.05) is 0 Å². The van der Waals surface area contributed by atoms with E-state index in [2.05, 4.69) is 5.10 Å². The van der Waals surface area contributed by atoms with Crippen molar-refractivity contribution in [3.8, 4) is 0 Å². The molecule has 1 aliphatic carbocycles. The molecule has 2 heterocycles. The summed E-state index contributed by atoms with van der Waals surface area (Å²) in [5, 5.41) is 13.5. The van der Waals surface area contributed by atoms with E-state index in [1.165, 1.54) is 6.08 Å². The van der Waals surface area contributed by atoms with Crippen LogP contribution in [0, 0.1) is 5.92 Å². The van der Waals surface area contributed by atoms with Crippen LogP contribution < -0.4 is 0 Å². The minimum Gasteiger partial charge on any atom is -0.480 e. The molecule has 1 aliphatic heterocycles. The Kier molecular flexibility index (Phi) is 4.00. The molecular weight excluding hydrogens is 282 g/mol. The number of aliphatic carboxylic acids is 1. The number of aromatic nitrogens is 2. The molecule has 1 amide bonds. The monoisotopic (exact) mass is 303 g/mol. The van der Waals surface area contributed by atoms with Gasteiger partial charge in [0, 0.05) is 30.9 Å². The van der Waals surface area contributed by atoms with Crippen LogP contribution in [0.3, 0.4) is 0 Å². The van der Waals surface area contributed by atoms with Gasteiger partial charge >= 0.3 is 5.97 Å². The number of carboxylic acids is 1. The van der Waals surface area contributed by atoms with Crippen molar-refractivity contribution >= 4 is 18.0 Å². The average molecular weight is 303 g/mol. The van der Waals surface area contributed by atoms with E-state index in [-0.39, 0.29) is 11.9 Å². The van der Waals surface area contributed by atoms with Crippen molar-refractivity contribution in [2.24, 2.45) is 13.0 Å². The lowest BCUT2D eigenvalue weighted by atomic mass is 9.85. The fourth-order valence-electron chi connectivity index (χ4n) is 3.78. The molecule has 1 N–H and O–H groups in total. The van der Waals surface area contributed by atoms with E-state index in [9.17, 15) is 14.7 Å². The van der Waals surface area contributed by atoms with Crippen LogP contribution in [-0.4, -0.2) is 43.7 Å². The minimum absolute atomic E-state index is 0.0842. The first-order valence-electron chi connectivity index (χ1n) is 7.78.